The number of fused-ring (bicyclic) bond motifs is 1. The number of rotatable bonds is 1. The molecule has 0 aliphatic rings. The third kappa shape index (κ3) is 1.48. The summed E-state index contributed by atoms with van der Waals surface area (Å²) in [6, 6.07) is 9.61. The van der Waals surface area contributed by atoms with Crippen molar-refractivity contribution in [1.82, 2.24) is 14.8 Å². The van der Waals surface area contributed by atoms with Crippen LogP contribution in [0.5, 0.6) is 0 Å². The third-order valence-corrected chi connectivity index (χ3v) is 2.97. The van der Waals surface area contributed by atoms with Gasteiger partial charge in [0, 0.05) is 18.9 Å². The van der Waals surface area contributed by atoms with E-state index in [9.17, 15) is 0 Å². The van der Waals surface area contributed by atoms with Crippen molar-refractivity contribution in [3.05, 3.63) is 36.5 Å². The molecule has 18 heavy (non-hydrogen) atoms. The molecular weight excluding hydrogens is 226 g/mol. The van der Waals surface area contributed by atoms with Gasteiger partial charge in [0.05, 0.1) is 5.39 Å². The van der Waals surface area contributed by atoms with Crippen LogP contribution in [0.25, 0.3) is 22.2 Å². The van der Waals surface area contributed by atoms with Crippen LogP contribution in [0.1, 0.15) is 0 Å². The summed E-state index contributed by atoms with van der Waals surface area (Å²) in [5.74, 6) is 0.493. The van der Waals surface area contributed by atoms with Crippen molar-refractivity contribution in [2.24, 2.45) is 7.05 Å². The van der Waals surface area contributed by atoms with E-state index >= 15 is 0 Å². The molecule has 0 radical (unpaired) electrons. The molecular formula is C13H13N5. The Bertz CT molecular complexity index is 712. The van der Waals surface area contributed by atoms with Gasteiger partial charge in [-0.15, -0.1) is 0 Å². The molecule has 0 unspecified atom stereocenters. The van der Waals surface area contributed by atoms with Crippen LogP contribution in [0.4, 0.5) is 11.5 Å². The molecule has 4 N–H and O–H groups in total. The maximum atomic E-state index is 5.95. The molecule has 2 aromatic heterocycles. The highest BCUT2D eigenvalue weighted by Gasteiger charge is 2.12. The summed E-state index contributed by atoms with van der Waals surface area (Å²) < 4.78 is 1.69. The van der Waals surface area contributed by atoms with Crippen LogP contribution >= 0.6 is 0 Å². The molecule has 0 aliphatic heterocycles. The number of nitrogens with zero attached hydrogens (tertiary/aromatic N) is 3. The average Bonchev–Trinajstić information content (AvgIpc) is 2.66. The molecule has 0 saturated heterocycles. The normalized spacial score (nSPS) is 10.9. The SMILES string of the molecule is Cn1nc(N)c2c(-c3ccc(N)cc3)ccnc21. The van der Waals surface area contributed by atoms with Crippen molar-refractivity contribution in [2.45, 2.75) is 0 Å². The molecule has 0 saturated carbocycles. The minimum atomic E-state index is 0.493. The lowest BCUT2D eigenvalue weighted by atomic mass is 10.0. The number of nitrogen functional groups attached to an aromatic ring is 2. The molecule has 0 atom stereocenters. The summed E-state index contributed by atoms with van der Waals surface area (Å²) in [5, 5.41) is 5.08. The van der Waals surface area contributed by atoms with Gasteiger partial charge < -0.3 is 11.5 Å². The number of aryl methyl sites for hydroxylation is 1. The van der Waals surface area contributed by atoms with E-state index < -0.39 is 0 Å². The highest BCUT2D eigenvalue weighted by atomic mass is 15.3. The average molecular weight is 239 g/mol. The van der Waals surface area contributed by atoms with Gasteiger partial charge in [-0.25, -0.2) is 9.67 Å². The number of anilines is 2. The van der Waals surface area contributed by atoms with Crippen LogP contribution in [-0.4, -0.2) is 14.8 Å². The zero-order valence-electron chi connectivity index (χ0n) is 9.96. The van der Waals surface area contributed by atoms with Crippen LogP contribution in [0, 0.1) is 0 Å². The number of benzene rings is 1. The van der Waals surface area contributed by atoms with Gasteiger partial charge in [0.25, 0.3) is 0 Å². The zero-order chi connectivity index (χ0) is 12.7. The van der Waals surface area contributed by atoms with Crippen LogP contribution in [0.3, 0.4) is 0 Å². The van der Waals surface area contributed by atoms with E-state index in [1.54, 1.807) is 10.9 Å². The van der Waals surface area contributed by atoms with Gasteiger partial charge in [0.15, 0.2) is 11.5 Å². The van der Waals surface area contributed by atoms with Gasteiger partial charge in [-0.05, 0) is 29.3 Å². The number of pyridine rings is 1. The Kier molecular flexibility index (Phi) is 2.19. The molecule has 0 bridgehead atoms. The van der Waals surface area contributed by atoms with Gasteiger partial charge in [-0.2, -0.15) is 5.10 Å². The first-order valence-corrected chi connectivity index (χ1v) is 5.60. The third-order valence-electron chi connectivity index (χ3n) is 2.97. The molecule has 5 nitrogen and oxygen atoms in total. The maximum Gasteiger partial charge on any atom is 0.160 e. The number of hydrogen-bond donors (Lipinski definition) is 2. The van der Waals surface area contributed by atoms with E-state index in [1.165, 1.54) is 0 Å². The largest absolute Gasteiger partial charge is 0.399 e. The van der Waals surface area contributed by atoms with Crippen molar-refractivity contribution in [3.63, 3.8) is 0 Å². The Hall–Kier alpha value is -2.56. The summed E-state index contributed by atoms with van der Waals surface area (Å²) >= 11 is 0. The van der Waals surface area contributed by atoms with Crippen LogP contribution in [-0.2, 0) is 7.05 Å². The van der Waals surface area contributed by atoms with Crippen LogP contribution in [0.15, 0.2) is 36.5 Å². The first-order chi connectivity index (χ1) is 8.66. The highest BCUT2D eigenvalue weighted by molar-refractivity contribution is 5.99. The Labute approximate surface area is 104 Å². The number of nitrogens with two attached hydrogens (primary N) is 2. The Morgan fingerprint density at radius 2 is 1.78 bits per heavy atom. The minimum Gasteiger partial charge on any atom is -0.399 e. The second-order valence-electron chi connectivity index (χ2n) is 4.19. The molecule has 0 spiro atoms. The van der Waals surface area contributed by atoms with E-state index in [0.717, 1.165) is 27.8 Å². The lowest BCUT2D eigenvalue weighted by Gasteiger charge is -2.04. The monoisotopic (exact) mass is 239 g/mol. The molecule has 3 rings (SSSR count). The van der Waals surface area contributed by atoms with Crippen molar-refractivity contribution >= 4 is 22.5 Å². The summed E-state index contributed by atoms with van der Waals surface area (Å²) in [6.45, 7) is 0. The van der Waals surface area contributed by atoms with Gasteiger partial charge in [0.1, 0.15) is 0 Å². The summed E-state index contributed by atoms with van der Waals surface area (Å²) in [4.78, 5) is 4.30. The van der Waals surface area contributed by atoms with E-state index in [4.69, 9.17) is 11.5 Å². The second-order valence-corrected chi connectivity index (χ2v) is 4.19. The fraction of sp³-hybridized carbons (Fsp3) is 0.0769. The number of hydrogen-bond acceptors (Lipinski definition) is 4. The first kappa shape index (κ1) is 10.6. The molecule has 0 amide bonds. The quantitative estimate of drug-likeness (QED) is 0.634. The topological polar surface area (TPSA) is 82.8 Å². The van der Waals surface area contributed by atoms with E-state index in [-0.39, 0.29) is 0 Å². The lowest BCUT2D eigenvalue weighted by molar-refractivity contribution is 0.791. The summed E-state index contributed by atoms with van der Waals surface area (Å²) in [6.07, 6.45) is 1.76. The van der Waals surface area contributed by atoms with Crippen LogP contribution < -0.4 is 11.5 Å². The fourth-order valence-corrected chi connectivity index (χ4v) is 2.11. The summed E-state index contributed by atoms with van der Waals surface area (Å²) in [7, 11) is 1.83. The van der Waals surface area contributed by atoms with Crippen molar-refractivity contribution in [3.8, 4) is 11.1 Å². The van der Waals surface area contributed by atoms with Gasteiger partial charge in [-0.3, -0.25) is 0 Å². The molecule has 0 aliphatic carbocycles. The zero-order valence-corrected chi connectivity index (χ0v) is 9.96. The minimum absolute atomic E-state index is 0.493. The van der Waals surface area contributed by atoms with Crippen molar-refractivity contribution in [1.29, 1.82) is 0 Å². The predicted molar refractivity (Wildman–Crippen MR) is 72.8 cm³/mol. The molecule has 3 aromatic rings. The number of aromatic nitrogens is 3. The van der Waals surface area contributed by atoms with Gasteiger partial charge >= 0.3 is 0 Å². The van der Waals surface area contributed by atoms with E-state index in [0.29, 0.717) is 5.82 Å². The predicted octanol–water partition coefficient (Wildman–Crippen LogP) is 1.80. The Balaban J connectivity index is 2.32. The van der Waals surface area contributed by atoms with Crippen LogP contribution in [0.2, 0.25) is 0 Å². The van der Waals surface area contributed by atoms with Crippen molar-refractivity contribution < 1.29 is 0 Å². The van der Waals surface area contributed by atoms with Gasteiger partial charge in [0.2, 0.25) is 0 Å². The molecule has 0 fully saturated rings. The van der Waals surface area contributed by atoms with E-state index in [2.05, 4.69) is 10.1 Å². The smallest absolute Gasteiger partial charge is 0.160 e. The lowest BCUT2D eigenvalue weighted by Crippen LogP contribution is -1.92. The van der Waals surface area contributed by atoms with E-state index in [1.807, 2.05) is 37.4 Å². The highest BCUT2D eigenvalue weighted by Crippen LogP contribution is 2.31. The molecule has 2 heterocycles. The standard InChI is InChI=1S/C13H13N5/c1-18-13-11(12(15)17-18)10(6-7-16-13)8-2-4-9(14)5-3-8/h2-7H,14H2,1H3,(H2,15,17). The fourth-order valence-electron chi connectivity index (χ4n) is 2.11. The van der Waals surface area contributed by atoms with Gasteiger partial charge in [-0.1, -0.05) is 12.1 Å². The Morgan fingerprint density at radius 1 is 1.06 bits per heavy atom. The first-order valence-electron chi connectivity index (χ1n) is 5.60. The van der Waals surface area contributed by atoms with Crippen molar-refractivity contribution in [2.75, 3.05) is 11.5 Å². The summed E-state index contributed by atoms with van der Waals surface area (Å²) in [5.41, 5.74) is 15.2. The molecule has 90 valence electrons. The molecule has 5 heteroatoms. The maximum absolute atomic E-state index is 5.95. The Morgan fingerprint density at radius 3 is 2.50 bits per heavy atom. The molecule has 1 aromatic carbocycles. The second kappa shape index (κ2) is 3.73.